The number of oxazole rings is 1. The number of nitrogens with one attached hydrogen (secondary N) is 1. The highest BCUT2D eigenvalue weighted by atomic mass is 16.3. The van der Waals surface area contributed by atoms with Crippen LogP contribution in [0.4, 0.5) is 4.79 Å². The van der Waals surface area contributed by atoms with E-state index in [0.29, 0.717) is 48.7 Å². The lowest BCUT2D eigenvalue weighted by molar-refractivity contribution is 0.0661. The predicted octanol–water partition coefficient (Wildman–Crippen LogP) is 2.40. The number of amides is 3. The molecule has 0 unspecified atom stereocenters. The van der Waals surface area contributed by atoms with E-state index in [-0.39, 0.29) is 17.5 Å². The number of fused-ring (bicyclic) bond motifs is 1. The Balaban J connectivity index is 1.63. The molecule has 2 aromatic rings. The Kier molecular flexibility index (Phi) is 4.41. The van der Waals surface area contributed by atoms with Crippen molar-refractivity contribution in [3.05, 3.63) is 29.7 Å². The summed E-state index contributed by atoms with van der Waals surface area (Å²) < 4.78 is 5.44. The smallest absolute Gasteiger partial charge is 0.317 e. The van der Waals surface area contributed by atoms with Crippen LogP contribution in [0.2, 0.25) is 0 Å². The number of benzene rings is 1. The highest BCUT2D eigenvalue weighted by Crippen LogP contribution is 2.18. The first-order chi connectivity index (χ1) is 11.7. The molecule has 1 fully saturated rings. The average molecular weight is 344 g/mol. The SMILES string of the molecule is Cc1nc2cc(C(=O)N3CCN(C(=O)NC(C)(C)C)CC3)ccc2o1. The van der Waals surface area contributed by atoms with Crippen molar-refractivity contribution in [2.75, 3.05) is 26.2 Å². The van der Waals surface area contributed by atoms with Crippen LogP contribution in [0.15, 0.2) is 22.6 Å². The Hall–Kier alpha value is -2.57. The van der Waals surface area contributed by atoms with Crippen molar-refractivity contribution in [3.8, 4) is 0 Å². The maximum absolute atomic E-state index is 12.7. The number of hydrogen-bond donors (Lipinski definition) is 1. The van der Waals surface area contributed by atoms with Crippen molar-refractivity contribution < 1.29 is 14.0 Å². The molecule has 1 aliphatic rings. The van der Waals surface area contributed by atoms with Gasteiger partial charge in [-0.3, -0.25) is 4.79 Å². The highest BCUT2D eigenvalue weighted by molar-refractivity contribution is 5.97. The number of aromatic nitrogens is 1. The van der Waals surface area contributed by atoms with Gasteiger partial charge in [0.1, 0.15) is 5.52 Å². The first kappa shape index (κ1) is 17.3. The van der Waals surface area contributed by atoms with Crippen molar-refractivity contribution in [1.82, 2.24) is 20.1 Å². The molecular weight excluding hydrogens is 320 g/mol. The molecule has 1 N–H and O–H groups in total. The molecule has 0 spiro atoms. The summed E-state index contributed by atoms with van der Waals surface area (Å²) in [6, 6.07) is 5.20. The van der Waals surface area contributed by atoms with E-state index in [4.69, 9.17) is 4.42 Å². The molecule has 0 bridgehead atoms. The van der Waals surface area contributed by atoms with Crippen LogP contribution in [0.5, 0.6) is 0 Å². The summed E-state index contributed by atoms with van der Waals surface area (Å²) in [4.78, 5) is 32.7. The third kappa shape index (κ3) is 3.92. The van der Waals surface area contributed by atoms with Crippen molar-refractivity contribution in [2.24, 2.45) is 0 Å². The van der Waals surface area contributed by atoms with Crippen LogP contribution in [-0.4, -0.2) is 58.4 Å². The minimum Gasteiger partial charge on any atom is -0.441 e. The molecule has 1 aromatic carbocycles. The summed E-state index contributed by atoms with van der Waals surface area (Å²) in [5, 5.41) is 2.95. The van der Waals surface area contributed by atoms with Crippen LogP contribution in [0.1, 0.15) is 37.0 Å². The number of carbonyl (C=O) groups excluding carboxylic acids is 2. The van der Waals surface area contributed by atoms with E-state index in [9.17, 15) is 9.59 Å². The van der Waals surface area contributed by atoms with E-state index >= 15 is 0 Å². The van der Waals surface area contributed by atoms with Crippen LogP contribution in [-0.2, 0) is 0 Å². The van der Waals surface area contributed by atoms with E-state index in [1.165, 1.54) is 0 Å². The molecule has 25 heavy (non-hydrogen) atoms. The van der Waals surface area contributed by atoms with Crippen molar-refractivity contribution in [1.29, 1.82) is 0 Å². The molecule has 7 heteroatoms. The molecule has 0 saturated carbocycles. The average Bonchev–Trinajstić information content (AvgIpc) is 2.91. The lowest BCUT2D eigenvalue weighted by Crippen LogP contribution is -2.56. The number of aryl methyl sites for hydroxylation is 1. The van der Waals surface area contributed by atoms with Crippen LogP contribution in [0.25, 0.3) is 11.1 Å². The molecule has 2 heterocycles. The van der Waals surface area contributed by atoms with E-state index in [0.717, 1.165) is 0 Å². The Morgan fingerprint density at radius 3 is 2.40 bits per heavy atom. The van der Waals surface area contributed by atoms with Gasteiger partial charge in [-0.1, -0.05) is 0 Å². The molecule has 1 aromatic heterocycles. The van der Waals surface area contributed by atoms with Gasteiger partial charge in [0.2, 0.25) is 0 Å². The summed E-state index contributed by atoms with van der Waals surface area (Å²) in [6.07, 6.45) is 0. The minimum atomic E-state index is -0.269. The zero-order chi connectivity index (χ0) is 18.2. The predicted molar refractivity (Wildman–Crippen MR) is 94.5 cm³/mol. The van der Waals surface area contributed by atoms with Crippen molar-refractivity contribution >= 4 is 23.0 Å². The van der Waals surface area contributed by atoms with Crippen LogP contribution in [0.3, 0.4) is 0 Å². The third-order valence-corrected chi connectivity index (χ3v) is 4.08. The van der Waals surface area contributed by atoms with Gasteiger partial charge in [-0.05, 0) is 39.0 Å². The van der Waals surface area contributed by atoms with Gasteiger partial charge in [-0.2, -0.15) is 0 Å². The lowest BCUT2D eigenvalue weighted by Gasteiger charge is -2.36. The fourth-order valence-electron chi connectivity index (χ4n) is 2.87. The zero-order valence-electron chi connectivity index (χ0n) is 15.1. The quantitative estimate of drug-likeness (QED) is 0.861. The first-order valence-electron chi connectivity index (χ1n) is 8.46. The first-order valence-corrected chi connectivity index (χ1v) is 8.46. The Bertz CT molecular complexity index is 798. The summed E-state index contributed by atoms with van der Waals surface area (Å²) in [6.45, 7) is 9.73. The number of rotatable bonds is 1. The number of nitrogens with zero attached hydrogens (tertiary/aromatic N) is 3. The summed E-state index contributed by atoms with van der Waals surface area (Å²) in [5.41, 5.74) is 1.69. The molecule has 3 rings (SSSR count). The minimum absolute atomic E-state index is 0.0431. The van der Waals surface area contributed by atoms with Gasteiger partial charge in [0, 0.05) is 44.2 Å². The molecule has 0 atom stereocenters. The topological polar surface area (TPSA) is 78.7 Å². The molecule has 0 radical (unpaired) electrons. The van der Waals surface area contributed by atoms with Crippen LogP contribution in [0, 0.1) is 6.92 Å². The number of carbonyl (C=O) groups is 2. The Morgan fingerprint density at radius 1 is 1.12 bits per heavy atom. The summed E-state index contributed by atoms with van der Waals surface area (Å²) >= 11 is 0. The molecule has 7 nitrogen and oxygen atoms in total. The fraction of sp³-hybridized carbons (Fsp3) is 0.500. The Morgan fingerprint density at radius 2 is 1.76 bits per heavy atom. The van der Waals surface area contributed by atoms with Gasteiger partial charge in [0.15, 0.2) is 11.5 Å². The van der Waals surface area contributed by atoms with Gasteiger partial charge in [-0.25, -0.2) is 9.78 Å². The molecule has 1 saturated heterocycles. The second kappa shape index (κ2) is 6.38. The fourth-order valence-corrected chi connectivity index (χ4v) is 2.87. The number of hydrogen-bond acceptors (Lipinski definition) is 4. The van der Waals surface area contributed by atoms with E-state index in [1.54, 1.807) is 34.9 Å². The maximum atomic E-state index is 12.7. The van der Waals surface area contributed by atoms with Gasteiger partial charge in [0.25, 0.3) is 5.91 Å². The van der Waals surface area contributed by atoms with E-state index in [1.807, 2.05) is 20.8 Å². The van der Waals surface area contributed by atoms with Gasteiger partial charge < -0.3 is 19.5 Å². The largest absolute Gasteiger partial charge is 0.441 e. The van der Waals surface area contributed by atoms with E-state index in [2.05, 4.69) is 10.3 Å². The molecule has 134 valence electrons. The normalized spacial score (nSPS) is 15.5. The van der Waals surface area contributed by atoms with Crippen LogP contribution >= 0.6 is 0 Å². The van der Waals surface area contributed by atoms with Gasteiger partial charge in [0.05, 0.1) is 0 Å². The van der Waals surface area contributed by atoms with Gasteiger partial charge in [-0.15, -0.1) is 0 Å². The summed E-state index contributed by atoms with van der Waals surface area (Å²) in [7, 11) is 0. The second-order valence-electron chi connectivity index (χ2n) is 7.37. The molecule has 3 amide bonds. The Labute approximate surface area is 147 Å². The van der Waals surface area contributed by atoms with Crippen molar-refractivity contribution in [3.63, 3.8) is 0 Å². The highest BCUT2D eigenvalue weighted by Gasteiger charge is 2.26. The molecule has 0 aliphatic carbocycles. The summed E-state index contributed by atoms with van der Waals surface area (Å²) in [5.74, 6) is 0.538. The number of urea groups is 1. The third-order valence-electron chi connectivity index (χ3n) is 4.08. The van der Waals surface area contributed by atoms with Crippen molar-refractivity contribution in [2.45, 2.75) is 33.2 Å². The monoisotopic (exact) mass is 344 g/mol. The lowest BCUT2D eigenvalue weighted by atomic mass is 10.1. The second-order valence-corrected chi connectivity index (χ2v) is 7.37. The van der Waals surface area contributed by atoms with E-state index < -0.39 is 0 Å². The standard InChI is InChI=1S/C18H24N4O3/c1-12-19-14-11-13(5-6-15(14)25-12)16(23)21-7-9-22(10-8-21)17(24)20-18(2,3)4/h5-6,11H,7-10H2,1-4H3,(H,20,24). The van der Waals surface area contributed by atoms with Gasteiger partial charge >= 0.3 is 6.03 Å². The molecule has 1 aliphatic heterocycles. The van der Waals surface area contributed by atoms with Crippen LogP contribution < -0.4 is 5.32 Å². The zero-order valence-corrected chi connectivity index (χ0v) is 15.1. The number of piperazine rings is 1. The molecular formula is C18H24N4O3. The maximum Gasteiger partial charge on any atom is 0.317 e.